The van der Waals surface area contributed by atoms with E-state index in [2.05, 4.69) is 29.0 Å². The lowest BCUT2D eigenvalue weighted by Gasteiger charge is -2.11. The molecule has 1 aromatic heterocycles. The van der Waals surface area contributed by atoms with Crippen LogP contribution in [0.4, 0.5) is 0 Å². The van der Waals surface area contributed by atoms with E-state index in [0.717, 1.165) is 17.7 Å². The molecule has 2 rings (SSSR count). The molecule has 0 saturated carbocycles. The lowest BCUT2D eigenvalue weighted by molar-refractivity contribution is 0.815. The Bertz CT molecular complexity index is 454. The summed E-state index contributed by atoms with van der Waals surface area (Å²) in [5.74, 6) is 0. The van der Waals surface area contributed by atoms with Gasteiger partial charge in [-0.2, -0.15) is 0 Å². The number of hydrogen-bond acceptors (Lipinski definition) is 3. The highest BCUT2D eigenvalue weighted by Gasteiger charge is 2.10. The van der Waals surface area contributed by atoms with Gasteiger partial charge in [0, 0.05) is 12.4 Å². The minimum atomic E-state index is -0.194. The van der Waals surface area contributed by atoms with Gasteiger partial charge in [0.05, 0.1) is 17.9 Å². The summed E-state index contributed by atoms with van der Waals surface area (Å²) in [6.45, 7) is 2.13. The summed E-state index contributed by atoms with van der Waals surface area (Å²) < 4.78 is 0. The van der Waals surface area contributed by atoms with E-state index in [-0.39, 0.29) is 6.04 Å². The normalized spacial score (nSPS) is 12.4. The highest BCUT2D eigenvalue weighted by molar-refractivity contribution is 5.30. The molecule has 1 atom stereocenters. The fourth-order valence-electron chi connectivity index (χ4n) is 1.65. The molecule has 0 saturated heterocycles. The molecular formula is C13H15N3. The first kappa shape index (κ1) is 10.8. The van der Waals surface area contributed by atoms with E-state index < -0.39 is 0 Å². The summed E-state index contributed by atoms with van der Waals surface area (Å²) in [6, 6.07) is 8.09. The minimum absolute atomic E-state index is 0.194. The van der Waals surface area contributed by atoms with Crippen molar-refractivity contribution < 1.29 is 0 Å². The van der Waals surface area contributed by atoms with Crippen molar-refractivity contribution in [2.75, 3.05) is 0 Å². The van der Waals surface area contributed by atoms with Gasteiger partial charge in [0.1, 0.15) is 0 Å². The average Bonchev–Trinajstić information content (AvgIpc) is 2.39. The number of benzene rings is 1. The van der Waals surface area contributed by atoms with Gasteiger partial charge in [0.25, 0.3) is 0 Å². The van der Waals surface area contributed by atoms with Gasteiger partial charge in [0.2, 0.25) is 0 Å². The number of nitrogens with zero attached hydrogens (tertiary/aromatic N) is 2. The van der Waals surface area contributed by atoms with Crippen LogP contribution in [0, 0.1) is 0 Å². The van der Waals surface area contributed by atoms with E-state index in [0.29, 0.717) is 0 Å². The molecule has 0 radical (unpaired) electrons. The largest absolute Gasteiger partial charge is 0.319 e. The van der Waals surface area contributed by atoms with Crippen LogP contribution in [0.1, 0.15) is 29.8 Å². The number of aryl methyl sites for hydroxylation is 1. The van der Waals surface area contributed by atoms with Crippen molar-refractivity contribution in [3.05, 3.63) is 59.7 Å². The molecule has 0 aliphatic rings. The van der Waals surface area contributed by atoms with E-state index in [9.17, 15) is 0 Å². The molecule has 0 fully saturated rings. The Balaban J connectivity index is 2.30. The molecule has 2 N–H and O–H groups in total. The molecule has 0 aliphatic carbocycles. The average molecular weight is 213 g/mol. The smallest absolute Gasteiger partial charge is 0.0799 e. The number of hydrogen-bond donors (Lipinski definition) is 1. The molecule has 1 heterocycles. The molecule has 0 bridgehead atoms. The lowest BCUT2D eigenvalue weighted by atomic mass is 10.0. The van der Waals surface area contributed by atoms with Crippen LogP contribution in [0.2, 0.25) is 0 Å². The standard InChI is InChI=1S/C13H15N3/c1-2-10-4-3-5-11(8-10)13(14)12-9-15-6-7-16-12/h3-9,13H,2,14H2,1H3. The first-order chi connectivity index (χ1) is 7.81. The van der Waals surface area contributed by atoms with Gasteiger partial charge in [0.15, 0.2) is 0 Å². The first-order valence-electron chi connectivity index (χ1n) is 5.41. The number of aromatic nitrogens is 2. The monoisotopic (exact) mass is 213 g/mol. The Kier molecular flexibility index (Phi) is 3.27. The van der Waals surface area contributed by atoms with Crippen molar-refractivity contribution in [1.29, 1.82) is 0 Å². The van der Waals surface area contributed by atoms with E-state index >= 15 is 0 Å². The topological polar surface area (TPSA) is 51.8 Å². The van der Waals surface area contributed by atoms with Crippen molar-refractivity contribution in [1.82, 2.24) is 9.97 Å². The Morgan fingerprint density at radius 1 is 1.31 bits per heavy atom. The fourth-order valence-corrected chi connectivity index (χ4v) is 1.65. The maximum absolute atomic E-state index is 6.14. The minimum Gasteiger partial charge on any atom is -0.319 e. The molecule has 2 aromatic rings. The predicted molar refractivity (Wildman–Crippen MR) is 63.9 cm³/mol. The predicted octanol–water partition coefficient (Wildman–Crippen LogP) is 2.09. The second kappa shape index (κ2) is 4.86. The zero-order valence-corrected chi connectivity index (χ0v) is 9.30. The Morgan fingerprint density at radius 3 is 2.88 bits per heavy atom. The highest BCUT2D eigenvalue weighted by Crippen LogP contribution is 2.18. The number of nitrogens with two attached hydrogens (primary N) is 1. The Labute approximate surface area is 95.4 Å². The molecule has 16 heavy (non-hydrogen) atoms. The maximum Gasteiger partial charge on any atom is 0.0799 e. The zero-order valence-electron chi connectivity index (χ0n) is 9.30. The zero-order chi connectivity index (χ0) is 11.4. The van der Waals surface area contributed by atoms with Gasteiger partial charge in [-0.25, -0.2) is 0 Å². The Hall–Kier alpha value is -1.74. The van der Waals surface area contributed by atoms with Crippen molar-refractivity contribution in [3.63, 3.8) is 0 Å². The quantitative estimate of drug-likeness (QED) is 0.849. The van der Waals surface area contributed by atoms with Crippen LogP contribution in [0.25, 0.3) is 0 Å². The van der Waals surface area contributed by atoms with Crippen LogP contribution in [0.3, 0.4) is 0 Å². The molecule has 82 valence electrons. The van der Waals surface area contributed by atoms with Crippen LogP contribution in [0.15, 0.2) is 42.9 Å². The van der Waals surface area contributed by atoms with Crippen molar-refractivity contribution >= 4 is 0 Å². The van der Waals surface area contributed by atoms with Gasteiger partial charge in [-0.3, -0.25) is 9.97 Å². The van der Waals surface area contributed by atoms with Crippen LogP contribution in [-0.2, 0) is 6.42 Å². The molecule has 1 unspecified atom stereocenters. The van der Waals surface area contributed by atoms with E-state index in [1.807, 2.05) is 12.1 Å². The van der Waals surface area contributed by atoms with E-state index in [4.69, 9.17) is 5.73 Å². The third-order valence-corrected chi connectivity index (χ3v) is 2.62. The number of rotatable bonds is 3. The van der Waals surface area contributed by atoms with Gasteiger partial charge >= 0.3 is 0 Å². The molecule has 1 aromatic carbocycles. The van der Waals surface area contributed by atoms with Crippen LogP contribution in [0.5, 0.6) is 0 Å². The molecule has 0 spiro atoms. The lowest BCUT2D eigenvalue weighted by Crippen LogP contribution is -2.13. The van der Waals surface area contributed by atoms with Crippen LogP contribution < -0.4 is 5.73 Å². The van der Waals surface area contributed by atoms with Gasteiger partial charge in [-0.05, 0) is 17.5 Å². The third-order valence-electron chi connectivity index (χ3n) is 2.62. The van der Waals surface area contributed by atoms with Crippen molar-refractivity contribution in [3.8, 4) is 0 Å². The van der Waals surface area contributed by atoms with E-state index in [1.165, 1.54) is 5.56 Å². The molecule has 0 amide bonds. The van der Waals surface area contributed by atoms with E-state index in [1.54, 1.807) is 18.6 Å². The summed E-state index contributed by atoms with van der Waals surface area (Å²) in [6.07, 6.45) is 6.04. The second-order valence-electron chi connectivity index (χ2n) is 3.71. The summed E-state index contributed by atoms with van der Waals surface area (Å²) >= 11 is 0. The summed E-state index contributed by atoms with van der Waals surface area (Å²) in [5, 5.41) is 0. The third kappa shape index (κ3) is 2.25. The fraction of sp³-hybridized carbons (Fsp3) is 0.231. The molecule has 3 nitrogen and oxygen atoms in total. The summed E-state index contributed by atoms with van der Waals surface area (Å²) in [7, 11) is 0. The summed E-state index contributed by atoms with van der Waals surface area (Å²) in [5.41, 5.74) is 9.31. The van der Waals surface area contributed by atoms with Crippen LogP contribution >= 0.6 is 0 Å². The first-order valence-corrected chi connectivity index (χ1v) is 5.41. The molecule has 0 aliphatic heterocycles. The second-order valence-corrected chi connectivity index (χ2v) is 3.71. The molecule has 3 heteroatoms. The van der Waals surface area contributed by atoms with Gasteiger partial charge in [-0.15, -0.1) is 0 Å². The van der Waals surface area contributed by atoms with Crippen molar-refractivity contribution in [2.45, 2.75) is 19.4 Å². The Morgan fingerprint density at radius 2 is 2.19 bits per heavy atom. The van der Waals surface area contributed by atoms with Crippen molar-refractivity contribution in [2.24, 2.45) is 5.73 Å². The highest BCUT2D eigenvalue weighted by atomic mass is 14.8. The molecular weight excluding hydrogens is 198 g/mol. The van der Waals surface area contributed by atoms with Crippen LogP contribution in [-0.4, -0.2) is 9.97 Å². The van der Waals surface area contributed by atoms with Gasteiger partial charge in [-0.1, -0.05) is 31.2 Å². The summed E-state index contributed by atoms with van der Waals surface area (Å²) in [4.78, 5) is 8.25. The van der Waals surface area contributed by atoms with Gasteiger partial charge < -0.3 is 5.73 Å². The maximum atomic E-state index is 6.14. The SMILES string of the molecule is CCc1cccc(C(N)c2cnccn2)c1.